The van der Waals surface area contributed by atoms with Gasteiger partial charge in [-0.15, -0.1) is 0 Å². The zero-order chi connectivity index (χ0) is 28.5. The van der Waals surface area contributed by atoms with Crippen LogP contribution < -0.4 is 9.64 Å². The second-order valence-corrected chi connectivity index (χ2v) is 9.61. The lowest BCUT2D eigenvalue weighted by molar-refractivity contribution is -0.137. The molecule has 13 heteroatoms. The number of anilines is 1. The third kappa shape index (κ3) is 5.82. The maximum absolute atomic E-state index is 16.1. The molecule has 0 bridgehead atoms. The molecule has 1 aliphatic rings. The fraction of sp³-hybridized carbons (Fsp3) is 0.423. The minimum absolute atomic E-state index is 0.00582. The van der Waals surface area contributed by atoms with Crippen molar-refractivity contribution in [1.29, 1.82) is 0 Å². The Hall–Kier alpha value is -3.74. The summed E-state index contributed by atoms with van der Waals surface area (Å²) >= 11 is 0. The van der Waals surface area contributed by atoms with Crippen LogP contribution in [-0.4, -0.2) is 84.2 Å². The molecule has 0 saturated carbocycles. The van der Waals surface area contributed by atoms with Gasteiger partial charge in [0.25, 0.3) is 0 Å². The van der Waals surface area contributed by atoms with E-state index in [1.807, 2.05) is 19.0 Å². The summed E-state index contributed by atoms with van der Waals surface area (Å²) < 4.78 is 79.4. The summed E-state index contributed by atoms with van der Waals surface area (Å²) in [4.78, 5) is 24.9. The van der Waals surface area contributed by atoms with Gasteiger partial charge in [-0.25, -0.2) is 8.78 Å². The molecule has 1 fully saturated rings. The van der Waals surface area contributed by atoms with Crippen molar-refractivity contribution in [3.8, 4) is 22.9 Å². The molecule has 0 aliphatic carbocycles. The van der Waals surface area contributed by atoms with E-state index in [-0.39, 0.29) is 49.5 Å². The zero-order valence-corrected chi connectivity index (χ0v) is 21.6. The monoisotopic (exact) mass is 553 g/mol. The van der Waals surface area contributed by atoms with Crippen LogP contribution in [0.2, 0.25) is 0 Å². The molecule has 1 saturated heterocycles. The summed E-state index contributed by atoms with van der Waals surface area (Å²) in [6, 6.07) is 3.01. The van der Waals surface area contributed by atoms with Gasteiger partial charge in [0.2, 0.25) is 6.41 Å². The van der Waals surface area contributed by atoms with Crippen LogP contribution in [0.1, 0.15) is 18.9 Å². The highest BCUT2D eigenvalue weighted by atomic mass is 19.4. The third-order valence-corrected chi connectivity index (χ3v) is 6.53. The largest absolute Gasteiger partial charge is 0.507 e. The summed E-state index contributed by atoms with van der Waals surface area (Å²) in [5, 5.41) is 9.98. The van der Waals surface area contributed by atoms with Crippen molar-refractivity contribution >= 4 is 23.1 Å². The number of benzene rings is 2. The summed E-state index contributed by atoms with van der Waals surface area (Å²) in [5.41, 5.74) is -4.09. The molecule has 39 heavy (non-hydrogen) atoms. The van der Waals surface area contributed by atoms with Crippen molar-refractivity contribution in [3.63, 3.8) is 0 Å². The van der Waals surface area contributed by atoms with Crippen LogP contribution in [-0.2, 0) is 11.0 Å². The van der Waals surface area contributed by atoms with Gasteiger partial charge in [0.15, 0.2) is 5.82 Å². The minimum Gasteiger partial charge on any atom is -0.507 e. The molecule has 2 aromatic carbocycles. The van der Waals surface area contributed by atoms with Crippen LogP contribution in [0.25, 0.3) is 22.0 Å². The molecule has 1 aliphatic heterocycles. The number of alkyl halides is 3. The average molecular weight is 554 g/mol. The number of nitrogens with zero attached hydrogens (tertiary/aromatic N) is 5. The molecule has 4 rings (SSSR count). The van der Waals surface area contributed by atoms with Crippen LogP contribution in [0.15, 0.2) is 24.3 Å². The van der Waals surface area contributed by atoms with E-state index in [1.54, 1.807) is 16.7 Å². The molecule has 210 valence electrons. The van der Waals surface area contributed by atoms with Gasteiger partial charge in [-0.3, -0.25) is 4.79 Å². The van der Waals surface area contributed by atoms with Crippen molar-refractivity contribution in [2.45, 2.75) is 25.6 Å². The van der Waals surface area contributed by atoms with Gasteiger partial charge in [-0.2, -0.15) is 23.1 Å². The number of carbonyl (C=O) groups excluding carboxylic acids is 1. The SMILES string of the molecule is CC1CN(c2nc(OCCCN(C)C)nc3c(F)c(-c4c(O)cccc4F)c(C(F)(F)F)cc23)CCN1C=O. The number of aromatic nitrogens is 2. The molecule has 1 atom stereocenters. The molecule has 0 spiro atoms. The Morgan fingerprint density at radius 3 is 2.54 bits per heavy atom. The predicted octanol–water partition coefficient (Wildman–Crippen LogP) is 4.30. The first-order valence-corrected chi connectivity index (χ1v) is 12.2. The van der Waals surface area contributed by atoms with Gasteiger partial charge in [-0.1, -0.05) is 6.07 Å². The first-order chi connectivity index (χ1) is 18.4. The van der Waals surface area contributed by atoms with Crippen molar-refractivity contribution < 1.29 is 36.6 Å². The number of carbonyl (C=O) groups is 1. The van der Waals surface area contributed by atoms with Gasteiger partial charge in [-0.05, 0) is 45.6 Å². The third-order valence-electron chi connectivity index (χ3n) is 6.53. The maximum atomic E-state index is 16.1. The molecule has 1 N–H and O–H groups in total. The molecular weight excluding hydrogens is 525 g/mol. The molecule has 1 aromatic heterocycles. The number of aromatic hydroxyl groups is 1. The molecule has 3 aromatic rings. The molecule has 8 nitrogen and oxygen atoms in total. The molecule has 2 heterocycles. The normalized spacial score (nSPS) is 16.3. The lowest BCUT2D eigenvalue weighted by atomic mass is 9.94. The van der Waals surface area contributed by atoms with E-state index in [2.05, 4.69) is 9.97 Å². The highest BCUT2D eigenvalue weighted by Crippen LogP contribution is 2.46. The summed E-state index contributed by atoms with van der Waals surface area (Å²) in [6.45, 7) is 3.29. The van der Waals surface area contributed by atoms with Crippen molar-refractivity contribution in [2.75, 3.05) is 51.8 Å². The minimum atomic E-state index is -5.11. The lowest BCUT2D eigenvalue weighted by Crippen LogP contribution is -2.51. The first-order valence-electron chi connectivity index (χ1n) is 12.2. The standard InChI is InChI=1S/C26H28F5N5O3/c1-15-13-35(9-10-36(15)14-37)24-16-12-17(26(29,30)31)20(21-18(27)6-4-7-19(21)38)22(28)23(16)32-25(33-24)39-11-5-8-34(2)3/h4,6-7,12,14-15,38H,5,8-11,13H2,1-3H3. The van der Waals surface area contributed by atoms with Crippen LogP contribution >= 0.6 is 0 Å². The van der Waals surface area contributed by atoms with Gasteiger partial charge >= 0.3 is 12.2 Å². The first kappa shape index (κ1) is 28.3. The number of hydrogen-bond donors (Lipinski definition) is 1. The van der Waals surface area contributed by atoms with Crippen LogP contribution in [0.4, 0.5) is 27.8 Å². The highest BCUT2D eigenvalue weighted by molar-refractivity contribution is 5.96. The van der Waals surface area contributed by atoms with Crippen LogP contribution in [0.5, 0.6) is 11.8 Å². The summed E-state index contributed by atoms with van der Waals surface area (Å²) in [7, 11) is 3.75. The Morgan fingerprint density at radius 1 is 1.18 bits per heavy atom. The lowest BCUT2D eigenvalue weighted by Gasteiger charge is -2.38. The average Bonchev–Trinajstić information content (AvgIpc) is 2.86. The number of phenolic OH excluding ortho intramolecular Hbond substituents is 1. The Balaban J connectivity index is 1.95. The smallest absolute Gasteiger partial charge is 0.417 e. The van der Waals surface area contributed by atoms with Gasteiger partial charge in [0.05, 0.1) is 17.7 Å². The number of phenols is 1. The van der Waals surface area contributed by atoms with Crippen LogP contribution in [0.3, 0.4) is 0 Å². The number of ether oxygens (including phenoxy) is 1. The topological polar surface area (TPSA) is 82.0 Å². The number of amides is 1. The van der Waals surface area contributed by atoms with Gasteiger partial charge < -0.3 is 24.5 Å². The van der Waals surface area contributed by atoms with Gasteiger partial charge in [0.1, 0.15) is 22.9 Å². The Bertz CT molecular complexity index is 1350. The maximum Gasteiger partial charge on any atom is 0.417 e. The zero-order valence-electron chi connectivity index (χ0n) is 21.6. The number of halogens is 5. The predicted molar refractivity (Wildman–Crippen MR) is 135 cm³/mol. The summed E-state index contributed by atoms with van der Waals surface area (Å²) in [5.74, 6) is -3.56. The van der Waals surface area contributed by atoms with E-state index in [0.29, 0.717) is 25.4 Å². The fourth-order valence-electron chi connectivity index (χ4n) is 4.59. The summed E-state index contributed by atoms with van der Waals surface area (Å²) in [6.07, 6.45) is -3.85. The van der Waals surface area contributed by atoms with Crippen molar-refractivity contribution in [2.24, 2.45) is 0 Å². The van der Waals surface area contributed by atoms with Crippen molar-refractivity contribution in [3.05, 3.63) is 41.5 Å². The Morgan fingerprint density at radius 2 is 1.92 bits per heavy atom. The number of rotatable bonds is 8. The Kier molecular flexibility index (Phi) is 8.09. The van der Waals surface area contributed by atoms with E-state index >= 15 is 4.39 Å². The van der Waals surface area contributed by atoms with E-state index in [1.165, 1.54) is 0 Å². The molecule has 0 radical (unpaired) electrons. The quantitative estimate of drug-likeness (QED) is 0.253. The van der Waals surface area contributed by atoms with E-state index < -0.39 is 45.8 Å². The molecular formula is C26H28F5N5O3. The van der Waals surface area contributed by atoms with Crippen LogP contribution in [0, 0.1) is 11.6 Å². The van der Waals surface area contributed by atoms with E-state index in [9.17, 15) is 27.5 Å². The Labute approximate surface area is 221 Å². The van der Waals surface area contributed by atoms with Gasteiger partial charge in [0, 0.05) is 43.2 Å². The second kappa shape index (κ2) is 11.2. The van der Waals surface area contributed by atoms with E-state index in [4.69, 9.17) is 4.74 Å². The van der Waals surface area contributed by atoms with E-state index in [0.717, 1.165) is 18.2 Å². The second-order valence-electron chi connectivity index (χ2n) is 9.61. The van der Waals surface area contributed by atoms with Crippen molar-refractivity contribution in [1.82, 2.24) is 19.8 Å². The molecule has 1 amide bonds. The fourth-order valence-corrected chi connectivity index (χ4v) is 4.59. The molecule has 1 unspecified atom stereocenters. The number of hydrogen-bond acceptors (Lipinski definition) is 7. The number of piperazine rings is 1. The highest BCUT2D eigenvalue weighted by Gasteiger charge is 2.39. The number of fused-ring (bicyclic) bond motifs is 1.